The predicted octanol–water partition coefficient (Wildman–Crippen LogP) is 2.89. The van der Waals surface area contributed by atoms with Gasteiger partial charge in [0, 0.05) is 57.6 Å². The predicted molar refractivity (Wildman–Crippen MR) is 120 cm³/mol. The van der Waals surface area contributed by atoms with Gasteiger partial charge in [0.2, 0.25) is 0 Å². The first kappa shape index (κ1) is 25.7. The van der Waals surface area contributed by atoms with E-state index in [-0.39, 0.29) is 25.0 Å². The summed E-state index contributed by atoms with van der Waals surface area (Å²) in [5.74, 6) is 0.731. The molecule has 0 bridgehead atoms. The molecule has 0 aliphatic carbocycles. The molecule has 0 aromatic carbocycles. The molecule has 35 heavy (non-hydrogen) atoms. The molecule has 0 N–H and O–H groups in total. The molecule has 1 aromatic heterocycles. The summed E-state index contributed by atoms with van der Waals surface area (Å²) in [6.07, 6.45) is -3.23. The largest absolute Gasteiger partial charge is 0.437 e. The van der Waals surface area contributed by atoms with Crippen LogP contribution in [-0.2, 0) is 22.6 Å². The molecule has 3 aliphatic rings. The van der Waals surface area contributed by atoms with Crippen LogP contribution in [0.25, 0.3) is 0 Å². The van der Waals surface area contributed by atoms with E-state index in [0.717, 1.165) is 38.7 Å². The Morgan fingerprint density at radius 2 is 1.83 bits per heavy atom. The highest BCUT2D eigenvalue weighted by molar-refractivity contribution is 5.93. The number of nitrogens with zero attached hydrogens (tertiary/aromatic N) is 5. The number of methoxy groups -OCH3 is 1. The van der Waals surface area contributed by atoms with Crippen molar-refractivity contribution in [2.45, 2.75) is 76.5 Å². The van der Waals surface area contributed by atoms with Crippen LogP contribution in [-0.4, -0.2) is 100 Å². The Morgan fingerprint density at radius 1 is 1.11 bits per heavy atom. The lowest BCUT2D eigenvalue weighted by Gasteiger charge is -2.44. The van der Waals surface area contributed by atoms with E-state index in [9.17, 15) is 22.8 Å². The van der Waals surface area contributed by atoms with Crippen molar-refractivity contribution in [2.75, 3.05) is 39.9 Å². The summed E-state index contributed by atoms with van der Waals surface area (Å²) in [6.45, 7) is 6.91. The number of alkyl halides is 3. The van der Waals surface area contributed by atoms with Gasteiger partial charge in [0.05, 0.1) is 13.2 Å². The van der Waals surface area contributed by atoms with Crippen LogP contribution in [0.5, 0.6) is 0 Å². The van der Waals surface area contributed by atoms with E-state index in [2.05, 4.69) is 21.5 Å². The van der Waals surface area contributed by atoms with Crippen molar-refractivity contribution in [3.63, 3.8) is 0 Å². The molecule has 0 saturated carbocycles. The first-order valence-corrected chi connectivity index (χ1v) is 12.2. The number of fused-ring (bicyclic) bond motifs is 1. The van der Waals surface area contributed by atoms with Crippen LogP contribution in [0.3, 0.4) is 0 Å². The summed E-state index contributed by atoms with van der Waals surface area (Å²) in [6, 6.07) is 0.252. The summed E-state index contributed by atoms with van der Waals surface area (Å²) in [4.78, 5) is 35.9. The smallest absolute Gasteiger partial charge is 0.425 e. The monoisotopic (exact) mass is 501 g/mol. The Morgan fingerprint density at radius 3 is 2.49 bits per heavy atom. The maximum absolute atomic E-state index is 13.5. The van der Waals surface area contributed by atoms with E-state index in [1.54, 1.807) is 7.11 Å². The first-order valence-electron chi connectivity index (χ1n) is 12.2. The summed E-state index contributed by atoms with van der Waals surface area (Å²) in [5.41, 5.74) is 0.00970. The number of hydrogen-bond acceptors (Lipinski definition) is 6. The second-order valence-corrected chi connectivity index (χ2v) is 9.85. The van der Waals surface area contributed by atoms with Crippen molar-refractivity contribution in [3.8, 4) is 0 Å². The fraction of sp³-hybridized carbons (Fsp3) is 0.783. The van der Waals surface area contributed by atoms with Crippen molar-refractivity contribution < 1.29 is 32.2 Å². The standard InChI is InChI=1S/C23H34F3N5O4/c1-16(15-34-3)29-11-12-30-13-18(27-19(30)14-29)20(32)31-8-4-5-22(31)6-9-28(10-7-22)21(33)35-17(2)23(24,25)26/h13,16-17H,4-12,14-15H2,1-3H3. The molecule has 1 spiro atoms. The Balaban J connectivity index is 1.39. The molecule has 196 valence electrons. The summed E-state index contributed by atoms with van der Waals surface area (Å²) in [5, 5.41) is 0. The van der Waals surface area contributed by atoms with Gasteiger partial charge in [0.15, 0.2) is 6.10 Å². The quantitative estimate of drug-likeness (QED) is 0.618. The van der Waals surface area contributed by atoms with Crippen LogP contribution in [0.1, 0.15) is 55.8 Å². The van der Waals surface area contributed by atoms with Crippen molar-refractivity contribution in [1.29, 1.82) is 0 Å². The molecule has 0 radical (unpaired) electrons. The Kier molecular flexibility index (Phi) is 7.33. The van der Waals surface area contributed by atoms with Crippen molar-refractivity contribution in [1.82, 2.24) is 24.3 Å². The Hall–Kier alpha value is -2.34. The van der Waals surface area contributed by atoms with E-state index >= 15 is 0 Å². The molecule has 2 atom stereocenters. The van der Waals surface area contributed by atoms with Gasteiger partial charge >= 0.3 is 12.3 Å². The fourth-order valence-electron chi connectivity index (χ4n) is 5.41. The zero-order chi connectivity index (χ0) is 25.4. The topological polar surface area (TPSA) is 80.1 Å². The number of imidazole rings is 1. The fourth-order valence-corrected chi connectivity index (χ4v) is 5.41. The lowest BCUT2D eigenvalue weighted by atomic mass is 9.85. The van der Waals surface area contributed by atoms with Gasteiger partial charge in [0.25, 0.3) is 5.91 Å². The number of rotatable bonds is 5. The second-order valence-electron chi connectivity index (χ2n) is 9.85. The number of carbonyl (C=O) groups excluding carboxylic acids is 2. The molecule has 9 nitrogen and oxygen atoms in total. The Bertz CT molecular complexity index is 929. The molecule has 12 heteroatoms. The number of ether oxygens (including phenoxy) is 2. The Labute approximate surface area is 203 Å². The normalized spacial score (nSPS) is 22.2. The van der Waals surface area contributed by atoms with Gasteiger partial charge in [-0.25, -0.2) is 9.78 Å². The highest BCUT2D eigenvalue weighted by Gasteiger charge is 2.48. The van der Waals surface area contributed by atoms with Gasteiger partial charge in [0.1, 0.15) is 11.5 Å². The number of carbonyl (C=O) groups is 2. The molecule has 2 fully saturated rings. The van der Waals surface area contributed by atoms with Gasteiger partial charge < -0.3 is 23.8 Å². The van der Waals surface area contributed by atoms with E-state index in [4.69, 9.17) is 4.74 Å². The maximum atomic E-state index is 13.5. The van der Waals surface area contributed by atoms with E-state index in [1.165, 1.54) is 4.90 Å². The van der Waals surface area contributed by atoms with Crippen LogP contribution in [0.2, 0.25) is 0 Å². The summed E-state index contributed by atoms with van der Waals surface area (Å²) >= 11 is 0. The summed E-state index contributed by atoms with van der Waals surface area (Å²) < 4.78 is 50.1. The number of hydrogen-bond donors (Lipinski definition) is 0. The zero-order valence-corrected chi connectivity index (χ0v) is 20.5. The minimum atomic E-state index is -4.59. The third-order valence-electron chi connectivity index (χ3n) is 7.61. The number of likely N-dealkylation sites (tertiary alicyclic amines) is 2. The van der Waals surface area contributed by atoms with Crippen LogP contribution in [0.15, 0.2) is 6.20 Å². The van der Waals surface area contributed by atoms with Crippen LogP contribution >= 0.6 is 0 Å². The number of aromatic nitrogens is 2. The highest BCUT2D eigenvalue weighted by Crippen LogP contribution is 2.39. The van der Waals surface area contributed by atoms with E-state index in [1.807, 2.05) is 15.7 Å². The lowest BCUT2D eigenvalue weighted by Crippen LogP contribution is -2.55. The van der Waals surface area contributed by atoms with Gasteiger partial charge in [-0.2, -0.15) is 13.2 Å². The summed E-state index contributed by atoms with van der Waals surface area (Å²) in [7, 11) is 1.68. The SMILES string of the molecule is COCC(C)N1CCn2cc(C(=O)N3CCCC34CCN(C(=O)OC(C)C(F)(F)F)CC4)nc2C1. The van der Waals surface area contributed by atoms with Crippen molar-refractivity contribution in [2.24, 2.45) is 0 Å². The number of piperidine rings is 1. The number of amides is 2. The minimum Gasteiger partial charge on any atom is -0.437 e. The van der Waals surface area contributed by atoms with Crippen LogP contribution in [0, 0.1) is 0 Å². The van der Waals surface area contributed by atoms with Crippen LogP contribution < -0.4 is 0 Å². The molecule has 2 saturated heterocycles. The van der Waals surface area contributed by atoms with Gasteiger partial charge in [-0.15, -0.1) is 0 Å². The van der Waals surface area contributed by atoms with E-state index < -0.39 is 23.9 Å². The highest BCUT2D eigenvalue weighted by atomic mass is 19.4. The van der Waals surface area contributed by atoms with Gasteiger partial charge in [-0.3, -0.25) is 9.69 Å². The molecule has 2 amide bonds. The van der Waals surface area contributed by atoms with Crippen LogP contribution in [0.4, 0.5) is 18.0 Å². The van der Waals surface area contributed by atoms with Crippen molar-refractivity contribution >= 4 is 12.0 Å². The lowest BCUT2D eigenvalue weighted by molar-refractivity contribution is -0.200. The zero-order valence-electron chi connectivity index (χ0n) is 20.5. The molecule has 2 unspecified atom stereocenters. The first-order chi connectivity index (χ1) is 16.5. The molecular weight excluding hydrogens is 467 g/mol. The molecule has 1 aromatic rings. The molecular formula is C23H34F3N5O4. The van der Waals surface area contributed by atoms with Crippen molar-refractivity contribution in [3.05, 3.63) is 17.7 Å². The maximum Gasteiger partial charge on any atom is 0.425 e. The second kappa shape index (κ2) is 9.96. The average Bonchev–Trinajstić information content (AvgIpc) is 3.42. The van der Waals surface area contributed by atoms with Gasteiger partial charge in [-0.05, 0) is 39.5 Å². The third-order valence-corrected chi connectivity index (χ3v) is 7.61. The molecule has 4 rings (SSSR count). The van der Waals surface area contributed by atoms with E-state index in [0.29, 0.717) is 38.2 Å². The molecule has 4 heterocycles. The van der Waals surface area contributed by atoms with Gasteiger partial charge in [-0.1, -0.05) is 0 Å². The molecule has 3 aliphatic heterocycles. The average molecular weight is 502 g/mol. The third kappa shape index (κ3) is 5.28. The minimum absolute atomic E-state index is 0.123. The number of halogens is 3.